The number of halogens is 2. The number of hydrogen-bond acceptors (Lipinski definition) is 3. The number of amides is 1. The van der Waals surface area contributed by atoms with Crippen molar-refractivity contribution in [3.05, 3.63) is 47.5 Å². The van der Waals surface area contributed by atoms with Gasteiger partial charge in [0.05, 0.1) is 6.04 Å². The lowest BCUT2D eigenvalue weighted by Crippen LogP contribution is -2.29. The van der Waals surface area contributed by atoms with Crippen molar-refractivity contribution < 1.29 is 13.6 Å². The molecule has 1 atom stereocenters. The van der Waals surface area contributed by atoms with Crippen molar-refractivity contribution in [2.45, 2.75) is 25.8 Å². The van der Waals surface area contributed by atoms with Crippen molar-refractivity contribution in [1.29, 1.82) is 0 Å². The summed E-state index contributed by atoms with van der Waals surface area (Å²) < 4.78 is 26.4. The summed E-state index contributed by atoms with van der Waals surface area (Å²) in [4.78, 5) is 16.1. The first kappa shape index (κ1) is 15.1. The monoisotopic (exact) mass is 294 g/mol. The highest BCUT2D eigenvalue weighted by atomic mass is 19.3. The van der Waals surface area contributed by atoms with Gasteiger partial charge in [-0.2, -0.15) is 5.10 Å². The van der Waals surface area contributed by atoms with Gasteiger partial charge in [-0.05, 0) is 30.2 Å². The molecule has 0 radical (unpaired) electrons. The minimum absolute atomic E-state index is 0.109. The van der Waals surface area contributed by atoms with Crippen LogP contribution in [0.25, 0.3) is 0 Å². The number of nitrogens with zero attached hydrogens (tertiary/aromatic N) is 3. The highest BCUT2D eigenvalue weighted by Crippen LogP contribution is 2.19. The highest BCUT2D eigenvalue weighted by molar-refractivity contribution is 5.92. The molecule has 112 valence electrons. The maximum Gasteiger partial charge on any atom is 0.282 e. The van der Waals surface area contributed by atoms with E-state index in [1.54, 1.807) is 12.4 Å². The summed E-state index contributed by atoms with van der Waals surface area (Å²) in [5.41, 5.74) is 0.620. The quantitative estimate of drug-likeness (QED) is 0.922. The van der Waals surface area contributed by atoms with Gasteiger partial charge in [-0.25, -0.2) is 8.78 Å². The zero-order valence-corrected chi connectivity index (χ0v) is 11.8. The van der Waals surface area contributed by atoms with E-state index in [0.717, 1.165) is 16.3 Å². The van der Waals surface area contributed by atoms with E-state index in [9.17, 15) is 13.6 Å². The van der Waals surface area contributed by atoms with E-state index in [1.165, 1.54) is 7.05 Å². The Bertz CT molecular complexity index is 613. The lowest BCUT2D eigenvalue weighted by atomic mass is 10.1. The van der Waals surface area contributed by atoms with Crippen molar-refractivity contribution in [2.24, 2.45) is 7.05 Å². The van der Waals surface area contributed by atoms with Gasteiger partial charge in [0.2, 0.25) is 0 Å². The first-order valence-electron chi connectivity index (χ1n) is 6.55. The van der Waals surface area contributed by atoms with Gasteiger partial charge < -0.3 is 5.32 Å². The molecular formula is C14H16F2N4O. The van der Waals surface area contributed by atoms with Crippen LogP contribution < -0.4 is 5.32 Å². The Kier molecular flexibility index (Phi) is 4.62. The Morgan fingerprint density at radius 2 is 2.05 bits per heavy atom. The number of rotatable bonds is 5. The summed E-state index contributed by atoms with van der Waals surface area (Å²) >= 11 is 0. The molecule has 2 heterocycles. The van der Waals surface area contributed by atoms with Crippen molar-refractivity contribution >= 4 is 5.91 Å². The van der Waals surface area contributed by atoms with Gasteiger partial charge in [-0.3, -0.25) is 14.5 Å². The largest absolute Gasteiger partial charge is 0.344 e. The maximum atomic E-state index is 12.6. The summed E-state index contributed by atoms with van der Waals surface area (Å²) in [6.45, 7) is 1.93. The van der Waals surface area contributed by atoms with Gasteiger partial charge in [0, 0.05) is 19.4 Å². The van der Waals surface area contributed by atoms with E-state index in [4.69, 9.17) is 0 Å². The van der Waals surface area contributed by atoms with Gasteiger partial charge in [0.15, 0.2) is 0 Å². The number of aryl methyl sites for hydroxylation is 1. The van der Waals surface area contributed by atoms with Crippen LogP contribution >= 0.6 is 0 Å². The number of carbonyl (C=O) groups excluding carboxylic acids is 1. The normalized spacial score (nSPS) is 12.4. The smallest absolute Gasteiger partial charge is 0.282 e. The predicted octanol–water partition coefficient (Wildman–Crippen LogP) is 2.63. The minimum Gasteiger partial charge on any atom is -0.344 e. The Hall–Kier alpha value is -2.31. The molecule has 1 N–H and O–H groups in total. The summed E-state index contributed by atoms with van der Waals surface area (Å²) in [7, 11) is 1.47. The fourth-order valence-corrected chi connectivity index (χ4v) is 2.06. The summed E-state index contributed by atoms with van der Waals surface area (Å²) in [6.07, 6.45) is 1.27. The first-order valence-corrected chi connectivity index (χ1v) is 6.55. The van der Waals surface area contributed by atoms with Crippen LogP contribution in [0.3, 0.4) is 0 Å². The average molecular weight is 294 g/mol. The van der Waals surface area contributed by atoms with E-state index >= 15 is 0 Å². The molecule has 5 nitrogen and oxygen atoms in total. The number of hydrogen-bond donors (Lipinski definition) is 1. The maximum absolute atomic E-state index is 12.6. The molecule has 0 spiro atoms. The summed E-state index contributed by atoms with van der Waals surface area (Å²) in [5, 5.41) is 6.45. The van der Waals surface area contributed by atoms with Crippen LogP contribution in [0.15, 0.2) is 30.6 Å². The molecule has 2 aromatic rings. The third-order valence-electron chi connectivity index (χ3n) is 3.18. The second-order valence-electron chi connectivity index (χ2n) is 4.59. The molecule has 0 aromatic carbocycles. The van der Waals surface area contributed by atoms with Crippen molar-refractivity contribution in [1.82, 2.24) is 20.1 Å². The molecule has 0 bridgehead atoms. The molecular weight excluding hydrogens is 278 g/mol. The van der Waals surface area contributed by atoms with Gasteiger partial charge in [-0.15, -0.1) is 0 Å². The molecule has 2 aromatic heterocycles. The summed E-state index contributed by atoms with van der Waals surface area (Å²) in [5.74, 6) is -0.430. The molecule has 7 heteroatoms. The van der Waals surface area contributed by atoms with Gasteiger partial charge in [-0.1, -0.05) is 6.92 Å². The second-order valence-corrected chi connectivity index (χ2v) is 4.59. The predicted molar refractivity (Wildman–Crippen MR) is 72.9 cm³/mol. The minimum atomic E-state index is -2.69. The zero-order chi connectivity index (χ0) is 15.4. The van der Waals surface area contributed by atoms with Crippen molar-refractivity contribution in [2.75, 3.05) is 0 Å². The van der Waals surface area contributed by atoms with E-state index in [-0.39, 0.29) is 11.7 Å². The second kappa shape index (κ2) is 6.43. The van der Waals surface area contributed by atoms with Crippen molar-refractivity contribution in [3.63, 3.8) is 0 Å². The molecule has 2 rings (SSSR count). The highest BCUT2D eigenvalue weighted by Gasteiger charge is 2.20. The Morgan fingerprint density at radius 3 is 2.57 bits per heavy atom. The number of nitrogens with one attached hydrogen (secondary N) is 1. The third kappa shape index (κ3) is 3.42. The number of aromatic nitrogens is 3. The lowest BCUT2D eigenvalue weighted by molar-refractivity contribution is 0.0926. The Balaban J connectivity index is 2.17. The lowest BCUT2D eigenvalue weighted by Gasteiger charge is -2.17. The average Bonchev–Trinajstić information content (AvgIpc) is 2.88. The molecule has 0 saturated heterocycles. The molecule has 0 aliphatic heterocycles. The number of carbonyl (C=O) groups is 1. The van der Waals surface area contributed by atoms with Gasteiger partial charge in [0.1, 0.15) is 11.4 Å². The van der Waals surface area contributed by atoms with Gasteiger partial charge >= 0.3 is 0 Å². The van der Waals surface area contributed by atoms with E-state index in [1.807, 2.05) is 19.1 Å². The molecule has 0 aliphatic carbocycles. The number of pyridine rings is 1. The Morgan fingerprint density at radius 1 is 1.38 bits per heavy atom. The first-order chi connectivity index (χ1) is 10.0. The summed E-state index contributed by atoms with van der Waals surface area (Å²) in [6, 6.07) is 4.52. The van der Waals surface area contributed by atoms with Crippen LogP contribution in [0.2, 0.25) is 0 Å². The van der Waals surface area contributed by atoms with Crippen LogP contribution in [0, 0.1) is 0 Å². The van der Waals surface area contributed by atoms with Crippen LogP contribution in [-0.4, -0.2) is 20.7 Å². The molecule has 1 unspecified atom stereocenters. The fourth-order valence-electron chi connectivity index (χ4n) is 2.06. The zero-order valence-electron chi connectivity index (χ0n) is 11.8. The van der Waals surface area contributed by atoms with E-state index in [0.29, 0.717) is 6.42 Å². The SMILES string of the molecule is CCC(NC(=O)c1cc(C(F)F)nn1C)c1ccncc1. The number of alkyl halides is 2. The van der Waals surface area contributed by atoms with Crippen LogP contribution in [0.1, 0.15) is 47.6 Å². The van der Waals surface area contributed by atoms with E-state index < -0.39 is 18.0 Å². The molecule has 1 amide bonds. The standard InChI is InChI=1S/C14H16F2N4O/c1-3-10(9-4-6-17-7-5-9)18-14(21)12-8-11(13(15)16)19-20(12)2/h4-8,10,13H,3H2,1-2H3,(H,18,21). The van der Waals surface area contributed by atoms with Crippen LogP contribution in [-0.2, 0) is 7.05 Å². The molecule has 21 heavy (non-hydrogen) atoms. The van der Waals surface area contributed by atoms with E-state index in [2.05, 4.69) is 15.4 Å². The molecule has 0 saturated carbocycles. The third-order valence-corrected chi connectivity index (χ3v) is 3.18. The molecule has 0 fully saturated rings. The van der Waals surface area contributed by atoms with Gasteiger partial charge in [0.25, 0.3) is 12.3 Å². The fraction of sp³-hybridized carbons (Fsp3) is 0.357. The van der Waals surface area contributed by atoms with Crippen LogP contribution in [0.4, 0.5) is 8.78 Å². The van der Waals surface area contributed by atoms with Crippen molar-refractivity contribution in [3.8, 4) is 0 Å². The Labute approximate surface area is 121 Å². The van der Waals surface area contributed by atoms with Crippen LogP contribution in [0.5, 0.6) is 0 Å². The topological polar surface area (TPSA) is 59.8 Å². The molecule has 0 aliphatic rings.